The number of halogens is 1. The summed E-state index contributed by atoms with van der Waals surface area (Å²) < 4.78 is 13.1. The summed E-state index contributed by atoms with van der Waals surface area (Å²) in [5.74, 6) is -2.21. The molecule has 7 nitrogen and oxygen atoms in total. The summed E-state index contributed by atoms with van der Waals surface area (Å²) >= 11 is 0. The molecule has 1 aromatic rings. The lowest BCUT2D eigenvalue weighted by Gasteiger charge is -2.37. The third kappa shape index (κ3) is 3.96. The van der Waals surface area contributed by atoms with Crippen molar-refractivity contribution in [2.24, 2.45) is 5.73 Å². The van der Waals surface area contributed by atoms with Gasteiger partial charge in [0.15, 0.2) is 12.2 Å². The topological polar surface area (TPSA) is 107 Å². The Morgan fingerprint density at radius 3 is 2.30 bits per heavy atom. The number of rotatable bonds is 4. The average molecular weight is 343 g/mol. The van der Waals surface area contributed by atoms with Crippen molar-refractivity contribution >= 4 is 32.0 Å². The summed E-state index contributed by atoms with van der Waals surface area (Å²) in [6, 6.07) is 4.44. The molecule has 0 aromatic heterocycles. The lowest BCUT2D eigenvalue weighted by molar-refractivity contribution is -0.152. The molecule has 0 bridgehead atoms. The summed E-state index contributed by atoms with van der Waals surface area (Å²) in [5, 5.41) is 19.8. The van der Waals surface area contributed by atoms with Gasteiger partial charge in [0, 0.05) is 31.9 Å². The first-order chi connectivity index (χ1) is 10.8. The number of nitrogens with two attached hydrogens (primary N) is 1. The van der Waals surface area contributed by atoms with E-state index in [0.717, 1.165) is 5.69 Å². The van der Waals surface area contributed by atoms with E-state index in [-0.39, 0.29) is 5.82 Å². The van der Waals surface area contributed by atoms with Crippen LogP contribution in [0.5, 0.6) is 0 Å². The van der Waals surface area contributed by atoms with Crippen LogP contribution in [0, 0.1) is 5.82 Å². The second kappa shape index (κ2) is 7.21. The standard InChI is InChI=1S/C14H19FN3O4P/c15-8-1-2-9(10(23)7-8)17-3-5-18(6-4-17)14(22)12(20)11(19)13(16)21/h1-2,7,11-12,19-20H,3-6,23H2,(H2,16,21)/t11-,12-/m1/s1. The normalized spacial score (nSPS) is 17.7. The van der Waals surface area contributed by atoms with Gasteiger partial charge in [-0.2, -0.15) is 0 Å². The number of anilines is 1. The van der Waals surface area contributed by atoms with Crippen molar-refractivity contribution in [2.75, 3.05) is 31.1 Å². The molecule has 4 N–H and O–H groups in total. The number of aliphatic hydroxyl groups excluding tert-OH is 2. The molecule has 126 valence electrons. The van der Waals surface area contributed by atoms with Gasteiger partial charge in [-0.05, 0) is 23.5 Å². The first-order valence-corrected chi connectivity index (χ1v) is 7.63. The van der Waals surface area contributed by atoms with Gasteiger partial charge in [0.05, 0.1) is 0 Å². The SMILES string of the molecule is NC(=O)[C@H](O)[C@@H](O)C(=O)N1CCN(c2ccc(F)cc2P)CC1. The molecular weight excluding hydrogens is 324 g/mol. The van der Waals surface area contributed by atoms with Gasteiger partial charge in [-0.15, -0.1) is 9.24 Å². The first-order valence-electron chi connectivity index (χ1n) is 7.05. The Morgan fingerprint density at radius 2 is 1.78 bits per heavy atom. The Kier molecular flexibility index (Phi) is 5.51. The molecule has 0 aliphatic carbocycles. The Labute approximate surface area is 135 Å². The van der Waals surface area contributed by atoms with E-state index in [0.29, 0.717) is 31.5 Å². The number of hydrogen-bond acceptors (Lipinski definition) is 5. The van der Waals surface area contributed by atoms with E-state index in [2.05, 4.69) is 9.24 Å². The van der Waals surface area contributed by atoms with Crippen LogP contribution in [0.4, 0.5) is 10.1 Å². The highest BCUT2D eigenvalue weighted by atomic mass is 31.0. The van der Waals surface area contributed by atoms with E-state index in [1.54, 1.807) is 6.07 Å². The average Bonchev–Trinajstić information content (AvgIpc) is 2.53. The zero-order valence-corrected chi connectivity index (χ0v) is 13.5. The highest BCUT2D eigenvalue weighted by Gasteiger charge is 2.33. The molecule has 9 heteroatoms. The van der Waals surface area contributed by atoms with Gasteiger partial charge in [-0.1, -0.05) is 0 Å². The third-order valence-electron chi connectivity index (χ3n) is 3.77. The number of carbonyl (C=O) groups excluding carboxylic acids is 2. The van der Waals surface area contributed by atoms with E-state index in [9.17, 15) is 24.2 Å². The summed E-state index contributed by atoms with van der Waals surface area (Å²) in [6.07, 6.45) is -3.78. The Balaban J connectivity index is 1.98. The van der Waals surface area contributed by atoms with Crippen LogP contribution in [0.1, 0.15) is 0 Å². The molecule has 1 fully saturated rings. The van der Waals surface area contributed by atoms with Gasteiger partial charge in [-0.3, -0.25) is 9.59 Å². The molecule has 1 aromatic carbocycles. The van der Waals surface area contributed by atoms with Crippen molar-refractivity contribution in [3.63, 3.8) is 0 Å². The molecule has 23 heavy (non-hydrogen) atoms. The van der Waals surface area contributed by atoms with Crippen molar-refractivity contribution < 1.29 is 24.2 Å². The maximum absolute atomic E-state index is 13.1. The van der Waals surface area contributed by atoms with Crippen LogP contribution in [0.2, 0.25) is 0 Å². The van der Waals surface area contributed by atoms with Crippen molar-refractivity contribution in [2.45, 2.75) is 12.2 Å². The van der Waals surface area contributed by atoms with Gasteiger partial charge < -0.3 is 25.7 Å². The molecule has 1 unspecified atom stereocenters. The van der Waals surface area contributed by atoms with Crippen molar-refractivity contribution in [3.05, 3.63) is 24.0 Å². The molecule has 0 spiro atoms. The number of hydrogen-bond donors (Lipinski definition) is 3. The summed E-state index contributed by atoms with van der Waals surface area (Å²) in [5.41, 5.74) is 5.72. The fourth-order valence-corrected chi connectivity index (χ4v) is 2.90. The predicted molar refractivity (Wildman–Crippen MR) is 85.7 cm³/mol. The van der Waals surface area contributed by atoms with Crippen molar-refractivity contribution in [1.29, 1.82) is 0 Å². The molecule has 2 amide bonds. The summed E-state index contributed by atoms with van der Waals surface area (Å²) in [7, 11) is 2.47. The third-order valence-corrected chi connectivity index (χ3v) is 4.23. The fraction of sp³-hybridized carbons (Fsp3) is 0.429. The monoisotopic (exact) mass is 343 g/mol. The molecule has 1 heterocycles. The number of benzene rings is 1. The smallest absolute Gasteiger partial charge is 0.254 e. The number of nitrogens with zero attached hydrogens (tertiary/aromatic N) is 2. The highest BCUT2D eigenvalue weighted by molar-refractivity contribution is 7.28. The summed E-state index contributed by atoms with van der Waals surface area (Å²) in [6.45, 7) is 1.59. The molecule has 1 aliphatic rings. The van der Waals surface area contributed by atoms with Crippen LogP contribution in [-0.4, -0.2) is 65.3 Å². The maximum atomic E-state index is 13.1. The zero-order valence-electron chi connectivity index (χ0n) is 12.4. The Bertz CT molecular complexity index is 608. The minimum absolute atomic E-state index is 0.308. The zero-order chi connectivity index (χ0) is 17.1. The molecule has 3 atom stereocenters. The van der Waals surface area contributed by atoms with Gasteiger partial charge in [0.1, 0.15) is 5.82 Å². The van der Waals surface area contributed by atoms with E-state index < -0.39 is 24.0 Å². The van der Waals surface area contributed by atoms with Crippen molar-refractivity contribution in [3.8, 4) is 0 Å². The lowest BCUT2D eigenvalue weighted by atomic mass is 10.1. The molecule has 0 saturated carbocycles. The van der Waals surface area contributed by atoms with Crippen LogP contribution < -0.4 is 15.9 Å². The van der Waals surface area contributed by atoms with E-state index >= 15 is 0 Å². The molecular formula is C14H19FN3O4P. The lowest BCUT2D eigenvalue weighted by Crippen LogP contribution is -2.55. The van der Waals surface area contributed by atoms with E-state index in [1.807, 2.05) is 4.90 Å². The molecule has 1 saturated heterocycles. The van der Waals surface area contributed by atoms with Crippen LogP contribution in [0.15, 0.2) is 18.2 Å². The number of piperazine rings is 1. The van der Waals surface area contributed by atoms with Crippen molar-refractivity contribution in [1.82, 2.24) is 4.90 Å². The largest absolute Gasteiger partial charge is 0.380 e. The number of amides is 2. The Morgan fingerprint density at radius 1 is 1.17 bits per heavy atom. The second-order valence-electron chi connectivity index (χ2n) is 5.31. The van der Waals surface area contributed by atoms with Crippen LogP contribution in [-0.2, 0) is 9.59 Å². The second-order valence-corrected chi connectivity index (χ2v) is 5.93. The first kappa shape index (κ1) is 17.6. The van der Waals surface area contributed by atoms with Gasteiger partial charge in [0.25, 0.3) is 5.91 Å². The molecule has 1 aliphatic heterocycles. The van der Waals surface area contributed by atoms with E-state index in [4.69, 9.17) is 5.73 Å². The predicted octanol–water partition coefficient (Wildman–Crippen LogP) is -1.82. The Hall–Kier alpha value is -1.76. The number of carbonyl (C=O) groups is 2. The fourth-order valence-electron chi connectivity index (χ4n) is 2.46. The van der Waals surface area contributed by atoms with Gasteiger partial charge in [-0.25, -0.2) is 4.39 Å². The number of primary amides is 1. The highest BCUT2D eigenvalue weighted by Crippen LogP contribution is 2.18. The quantitative estimate of drug-likeness (QED) is 0.558. The minimum Gasteiger partial charge on any atom is -0.380 e. The van der Waals surface area contributed by atoms with Gasteiger partial charge >= 0.3 is 0 Å². The van der Waals surface area contributed by atoms with Gasteiger partial charge in [0.2, 0.25) is 5.91 Å². The summed E-state index contributed by atoms with van der Waals surface area (Å²) in [4.78, 5) is 26.2. The molecule has 0 radical (unpaired) electrons. The van der Waals surface area contributed by atoms with Crippen LogP contribution in [0.25, 0.3) is 0 Å². The van der Waals surface area contributed by atoms with Crippen LogP contribution >= 0.6 is 9.24 Å². The van der Waals surface area contributed by atoms with Crippen LogP contribution in [0.3, 0.4) is 0 Å². The minimum atomic E-state index is -1.92. The molecule has 2 rings (SSSR count). The maximum Gasteiger partial charge on any atom is 0.254 e. The number of aliphatic hydroxyl groups is 2. The van der Waals surface area contributed by atoms with E-state index in [1.165, 1.54) is 17.0 Å².